The molecule has 0 aromatic heterocycles. The van der Waals surface area contributed by atoms with Gasteiger partial charge in [-0.3, -0.25) is 4.79 Å². The number of halogens is 2. The minimum absolute atomic E-state index is 0. The second-order valence-electron chi connectivity index (χ2n) is 2.86. The first kappa shape index (κ1) is 15.2. The Morgan fingerprint density at radius 3 is 2.56 bits per heavy atom. The smallest absolute Gasteiger partial charge is 0.233 e. The van der Waals surface area contributed by atoms with Gasteiger partial charge in [0.05, 0.1) is 13.1 Å². The first-order valence-electron chi connectivity index (χ1n) is 4.57. The fourth-order valence-electron chi connectivity index (χ4n) is 0.962. The number of benzene rings is 1. The van der Waals surface area contributed by atoms with Crippen LogP contribution < -0.4 is 15.8 Å². The number of hydrogen-bond donors (Lipinski definition) is 2. The molecule has 0 spiro atoms. The predicted octanol–water partition coefficient (Wildman–Crippen LogP) is 1.32. The molecule has 0 aliphatic carbocycles. The summed E-state index contributed by atoms with van der Waals surface area (Å²) in [6.07, 6.45) is 0. The zero-order valence-corrected chi connectivity index (χ0v) is 11.0. The van der Waals surface area contributed by atoms with Crippen LogP contribution in [-0.2, 0) is 4.79 Å². The second kappa shape index (κ2) is 8.38. The molecule has 3 N–H and O–H groups in total. The summed E-state index contributed by atoms with van der Waals surface area (Å²) >= 11 is 3.33. The first-order chi connectivity index (χ1) is 7.22. The number of carbonyl (C=O) groups excluding carboxylic acids is 1. The molecule has 0 atom stereocenters. The highest BCUT2D eigenvalue weighted by molar-refractivity contribution is 9.10. The van der Waals surface area contributed by atoms with Crippen LogP contribution in [0.25, 0.3) is 0 Å². The van der Waals surface area contributed by atoms with E-state index in [4.69, 9.17) is 10.5 Å². The molecule has 1 rings (SSSR count). The fourth-order valence-corrected chi connectivity index (χ4v) is 1.23. The molecule has 1 amide bonds. The van der Waals surface area contributed by atoms with Crippen molar-refractivity contribution in [3.8, 4) is 5.75 Å². The number of hydrogen-bond acceptors (Lipinski definition) is 3. The quantitative estimate of drug-likeness (QED) is 0.807. The molecule has 0 radical (unpaired) electrons. The Labute approximate surface area is 109 Å². The zero-order chi connectivity index (χ0) is 11.1. The van der Waals surface area contributed by atoms with Crippen molar-refractivity contribution in [1.29, 1.82) is 0 Å². The SMILES string of the molecule is Cl.NCC(=O)NCCOc1ccc(Br)cc1. The van der Waals surface area contributed by atoms with Crippen molar-refractivity contribution >= 4 is 34.2 Å². The van der Waals surface area contributed by atoms with Crippen molar-refractivity contribution in [1.82, 2.24) is 5.32 Å². The van der Waals surface area contributed by atoms with E-state index < -0.39 is 0 Å². The summed E-state index contributed by atoms with van der Waals surface area (Å²) in [6, 6.07) is 7.51. The molecule has 0 unspecified atom stereocenters. The van der Waals surface area contributed by atoms with Crippen molar-refractivity contribution in [2.75, 3.05) is 19.7 Å². The van der Waals surface area contributed by atoms with Gasteiger partial charge in [-0.25, -0.2) is 0 Å². The second-order valence-corrected chi connectivity index (χ2v) is 3.77. The van der Waals surface area contributed by atoms with Gasteiger partial charge in [-0.05, 0) is 24.3 Å². The standard InChI is InChI=1S/C10H13BrN2O2.ClH/c11-8-1-3-9(4-2-8)15-6-5-13-10(14)7-12;/h1-4H,5-7,12H2,(H,13,14);1H. The maximum atomic E-state index is 10.8. The van der Waals surface area contributed by atoms with Crippen LogP contribution in [0, 0.1) is 0 Å². The molecule has 0 bridgehead atoms. The van der Waals surface area contributed by atoms with E-state index in [9.17, 15) is 4.79 Å². The molecular weight excluding hydrogens is 295 g/mol. The van der Waals surface area contributed by atoms with Gasteiger partial charge in [-0.2, -0.15) is 0 Å². The third-order valence-corrected chi connectivity index (χ3v) is 2.22. The van der Waals surface area contributed by atoms with Crippen molar-refractivity contribution in [3.05, 3.63) is 28.7 Å². The van der Waals surface area contributed by atoms with Crippen LogP contribution in [0.3, 0.4) is 0 Å². The monoisotopic (exact) mass is 308 g/mol. The van der Waals surface area contributed by atoms with E-state index in [0.29, 0.717) is 13.2 Å². The highest BCUT2D eigenvalue weighted by Gasteiger charge is 1.96. The maximum Gasteiger partial charge on any atom is 0.233 e. The molecule has 16 heavy (non-hydrogen) atoms. The lowest BCUT2D eigenvalue weighted by Gasteiger charge is -2.06. The summed E-state index contributed by atoms with van der Waals surface area (Å²) < 4.78 is 6.39. The van der Waals surface area contributed by atoms with E-state index in [1.807, 2.05) is 24.3 Å². The number of nitrogens with two attached hydrogens (primary N) is 1. The number of rotatable bonds is 5. The molecule has 0 aliphatic heterocycles. The van der Waals surface area contributed by atoms with Gasteiger partial charge in [0, 0.05) is 4.47 Å². The highest BCUT2D eigenvalue weighted by atomic mass is 79.9. The molecule has 0 heterocycles. The summed E-state index contributed by atoms with van der Waals surface area (Å²) in [5.41, 5.74) is 5.12. The van der Waals surface area contributed by atoms with Crippen LogP contribution in [0.15, 0.2) is 28.7 Å². The third-order valence-electron chi connectivity index (χ3n) is 1.69. The summed E-state index contributed by atoms with van der Waals surface area (Å²) in [5, 5.41) is 2.62. The van der Waals surface area contributed by atoms with Gasteiger partial charge in [0.2, 0.25) is 5.91 Å². The minimum atomic E-state index is -0.172. The fraction of sp³-hybridized carbons (Fsp3) is 0.300. The molecule has 4 nitrogen and oxygen atoms in total. The van der Waals surface area contributed by atoms with Crippen molar-refractivity contribution in [3.63, 3.8) is 0 Å². The van der Waals surface area contributed by atoms with E-state index in [2.05, 4.69) is 21.2 Å². The highest BCUT2D eigenvalue weighted by Crippen LogP contribution is 2.15. The Bertz CT molecular complexity index is 319. The van der Waals surface area contributed by atoms with E-state index >= 15 is 0 Å². The Hall–Kier alpha value is -0.780. The molecule has 6 heteroatoms. The predicted molar refractivity (Wildman–Crippen MR) is 68.9 cm³/mol. The van der Waals surface area contributed by atoms with Gasteiger partial charge in [0.15, 0.2) is 0 Å². The topological polar surface area (TPSA) is 64.4 Å². The van der Waals surface area contributed by atoms with Gasteiger partial charge in [0.1, 0.15) is 12.4 Å². The Kier molecular flexibility index (Phi) is 7.97. The molecule has 0 fully saturated rings. The van der Waals surface area contributed by atoms with Gasteiger partial charge < -0.3 is 15.8 Å². The largest absolute Gasteiger partial charge is 0.492 e. The Balaban J connectivity index is 0.00000225. The average Bonchev–Trinajstić information content (AvgIpc) is 2.26. The average molecular weight is 310 g/mol. The van der Waals surface area contributed by atoms with E-state index in [1.54, 1.807) is 0 Å². The summed E-state index contributed by atoms with van der Waals surface area (Å²) in [4.78, 5) is 10.8. The van der Waals surface area contributed by atoms with Crippen molar-refractivity contribution in [2.24, 2.45) is 5.73 Å². The molecule has 1 aromatic carbocycles. The maximum absolute atomic E-state index is 10.8. The van der Waals surface area contributed by atoms with Crippen LogP contribution >= 0.6 is 28.3 Å². The van der Waals surface area contributed by atoms with E-state index in [1.165, 1.54) is 0 Å². The lowest BCUT2D eigenvalue weighted by atomic mass is 10.3. The Morgan fingerprint density at radius 2 is 2.00 bits per heavy atom. The van der Waals surface area contributed by atoms with Gasteiger partial charge in [-0.15, -0.1) is 12.4 Å². The number of carbonyl (C=O) groups is 1. The normalized spacial score (nSPS) is 9.12. The summed E-state index contributed by atoms with van der Waals surface area (Å²) in [5.74, 6) is 0.606. The lowest BCUT2D eigenvalue weighted by molar-refractivity contribution is -0.119. The Morgan fingerprint density at radius 1 is 1.38 bits per heavy atom. The molecule has 1 aromatic rings. The van der Waals surface area contributed by atoms with Crippen LogP contribution in [0.1, 0.15) is 0 Å². The van der Waals surface area contributed by atoms with Gasteiger partial charge >= 0.3 is 0 Å². The van der Waals surface area contributed by atoms with Crippen molar-refractivity contribution < 1.29 is 9.53 Å². The van der Waals surface area contributed by atoms with Gasteiger partial charge in [-0.1, -0.05) is 15.9 Å². The summed E-state index contributed by atoms with van der Waals surface area (Å²) in [7, 11) is 0. The number of nitrogens with one attached hydrogen (secondary N) is 1. The molecule has 0 saturated heterocycles. The van der Waals surface area contributed by atoms with Crippen LogP contribution in [-0.4, -0.2) is 25.6 Å². The number of ether oxygens (including phenoxy) is 1. The van der Waals surface area contributed by atoms with Gasteiger partial charge in [0.25, 0.3) is 0 Å². The van der Waals surface area contributed by atoms with Crippen LogP contribution in [0.5, 0.6) is 5.75 Å². The lowest BCUT2D eigenvalue weighted by Crippen LogP contribution is -2.33. The molecule has 90 valence electrons. The molecule has 0 saturated carbocycles. The van der Waals surface area contributed by atoms with Crippen LogP contribution in [0.4, 0.5) is 0 Å². The molecular formula is C10H14BrClN2O2. The third kappa shape index (κ3) is 5.95. The van der Waals surface area contributed by atoms with Crippen LogP contribution in [0.2, 0.25) is 0 Å². The van der Waals surface area contributed by atoms with E-state index in [0.717, 1.165) is 10.2 Å². The van der Waals surface area contributed by atoms with Crippen molar-refractivity contribution in [2.45, 2.75) is 0 Å². The first-order valence-corrected chi connectivity index (χ1v) is 5.37. The summed E-state index contributed by atoms with van der Waals surface area (Å²) in [6.45, 7) is 0.914. The van der Waals surface area contributed by atoms with E-state index in [-0.39, 0.29) is 24.9 Å². The zero-order valence-electron chi connectivity index (χ0n) is 8.61. The number of amides is 1. The molecule has 0 aliphatic rings. The minimum Gasteiger partial charge on any atom is -0.492 e.